The lowest BCUT2D eigenvalue weighted by Crippen LogP contribution is -2.40. The highest BCUT2D eigenvalue weighted by Crippen LogP contribution is 2.50. The number of ether oxygens (including phenoxy) is 5. The average Bonchev–Trinajstić information content (AvgIpc) is 3.05. The molecule has 48 heavy (non-hydrogen) atoms. The molecule has 0 spiro atoms. The molecule has 0 saturated heterocycles. The predicted octanol–water partition coefficient (Wildman–Crippen LogP) is 9.23. The molecule has 3 rings (SSSR count). The Hall–Kier alpha value is -2.77. The first-order valence-corrected chi connectivity index (χ1v) is 17.3. The van der Waals surface area contributed by atoms with Crippen molar-refractivity contribution in [2.24, 2.45) is 5.92 Å². The number of halogens is 5. The molecule has 2 aromatic rings. The highest BCUT2D eigenvalue weighted by atomic mass is 32.2. The number of hydrogen-bond donors (Lipinski definition) is 1. The van der Waals surface area contributed by atoms with Gasteiger partial charge in [0, 0.05) is 38.0 Å². The number of alkyl halides is 5. The quantitative estimate of drug-likeness (QED) is 0.0738. The second-order valence-electron chi connectivity index (χ2n) is 12.3. The van der Waals surface area contributed by atoms with E-state index < -0.39 is 30.4 Å². The molecule has 3 atom stereocenters. The van der Waals surface area contributed by atoms with Crippen molar-refractivity contribution >= 4 is 17.7 Å². The van der Waals surface area contributed by atoms with Gasteiger partial charge in [-0.25, -0.2) is 0 Å². The Kier molecular flexibility index (Phi) is 15.6. The zero-order valence-corrected chi connectivity index (χ0v) is 28.6. The summed E-state index contributed by atoms with van der Waals surface area (Å²) < 4.78 is 90.4. The Morgan fingerprint density at radius 2 is 1.52 bits per heavy atom. The summed E-state index contributed by atoms with van der Waals surface area (Å²) in [6.07, 6.45) is -2.31. The molecule has 0 aromatic heterocycles. The third-order valence-corrected chi connectivity index (χ3v) is 9.94. The lowest BCUT2D eigenvalue weighted by molar-refractivity contribution is -0.284. The molecule has 1 N–H and O–H groups in total. The van der Waals surface area contributed by atoms with E-state index in [1.54, 1.807) is 14.2 Å². The minimum atomic E-state index is -5.52. The van der Waals surface area contributed by atoms with Crippen molar-refractivity contribution in [2.45, 2.75) is 88.1 Å². The van der Waals surface area contributed by atoms with Crippen LogP contribution in [-0.2, 0) is 19.7 Å². The molecule has 3 unspecified atom stereocenters. The standard InChI is InChI=1S/C35H47F5O7S/c1-33(26-12-14-27(15-13-26)46-23-43-2)22-45-31-21-28(47-24-44-3)16-17-29(31)30(33)11-5-4-9-25(32(41)42)10-6-7-19-48-20-8-18-34(36,37)35(38,39)40/h12-17,21,25,30H,4-11,18-20,22-24H2,1-3H3,(H,41,42). The SMILES string of the molecule is COCOc1ccc(C2(C)COc3cc(OCOC)ccc3C2CCCCC(CCCCSCCCC(F)(F)C(F)(F)F)C(=O)O)cc1. The van der Waals surface area contributed by atoms with E-state index in [2.05, 4.69) is 6.92 Å². The Bertz CT molecular complexity index is 1260. The van der Waals surface area contributed by atoms with Gasteiger partial charge >= 0.3 is 18.1 Å². The van der Waals surface area contributed by atoms with Crippen LogP contribution in [0.5, 0.6) is 17.2 Å². The number of carbonyl (C=O) groups is 1. The summed E-state index contributed by atoms with van der Waals surface area (Å²) in [5.74, 6) is -3.06. The Labute approximate surface area is 283 Å². The monoisotopic (exact) mass is 706 g/mol. The number of fused-ring (bicyclic) bond motifs is 1. The molecule has 0 fully saturated rings. The van der Waals surface area contributed by atoms with Crippen molar-refractivity contribution in [3.05, 3.63) is 53.6 Å². The second-order valence-corrected chi connectivity index (χ2v) is 13.5. The predicted molar refractivity (Wildman–Crippen MR) is 174 cm³/mol. The van der Waals surface area contributed by atoms with Crippen LogP contribution in [0.1, 0.15) is 81.8 Å². The highest BCUT2D eigenvalue weighted by molar-refractivity contribution is 7.99. The fraction of sp³-hybridized carbons (Fsp3) is 0.629. The van der Waals surface area contributed by atoms with E-state index in [0.717, 1.165) is 36.1 Å². The summed E-state index contributed by atoms with van der Waals surface area (Å²) in [5.41, 5.74) is 1.79. The molecule has 1 aliphatic heterocycles. The maximum Gasteiger partial charge on any atom is 0.453 e. The summed E-state index contributed by atoms with van der Waals surface area (Å²) in [6.45, 7) is 2.89. The molecule has 1 heterocycles. The van der Waals surface area contributed by atoms with Crippen molar-refractivity contribution in [3.8, 4) is 17.2 Å². The normalized spacial score (nSPS) is 18.5. The summed E-state index contributed by atoms with van der Waals surface area (Å²) in [5, 5.41) is 9.84. The number of methoxy groups -OCH3 is 2. The first kappa shape index (κ1) is 39.7. The fourth-order valence-electron chi connectivity index (χ4n) is 6.00. The molecule has 0 aliphatic carbocycles. The minimum absolute atomic E-state index is 0.0832. The van der Waals surface area contributed by atoms with Crippen LogP contribution in [0, 0.1) is 5.92 Å². The van der Waals surface area contributed by atoms with Gasteiger partial charge in [0.25, 0.3) is 0 Å². The number of carboxylic acid groups (broad SMARTS) is 1. The van der Waals surface area contributed by atoms with Gasteiger partial charge in [0.1, 0.15) is 17.2 Å². The van der Waals surface area contributed by atoms with Crippen molar-refractivity contribution in [1.29, 1.82) is 0 Å². The molecule has 0 saturated carbocycles. The van der Waals surface area contributed by atoms with Crippen LogP contribution < -0.4 is 14.2 Å². The van der Waals surface area contributed by atoms with E-state index in [9.17, 15) is 31.9 Å². The molecular weight excluding hydrogens is 659 g/mol. The maximum atomic E-state index is 13.0. The van der Waals surface area contributed by atoms with Crippen molar-refractivity contribution in [2.75, 3.05) is 45.9 Å². The molecule has 0 bridgehead atoms. The molecule has 13 heteroatoms. The second kappa shape index (κ2) is 18.8. The van der Waals surface area contributed by atoms with Gasteiger partial charge in [0.05, 0.1) is 12.5 Å². The summed E-state index contributed by atoms with van der Waals surface area (Å²) >= 11 is 1.32. The van der Waals surface area contributed by atoms with Crippen molar-refractivity contribution < 1.29 is 55.5 Å². The molecule has 270 valence electrons. The van der Waals surface area contributed by atoms with Gasteiger partial charge in [-0.1, -0.05) is 44.4 Å². The zero-order valence-electron chi connectivity index (χ0n) is 27.8. The topological polar surface area (TPSA) is 83.5 Å². The van der Waals surface area contributed by atoms with E-state index in [0.29, 0.717) is 49.5 Å². The van der Waals surface area contributed by atoms with Gasteiger partial charge in [-0.05, 0) is 72.9 Å². The maximum absolute atomic E-state index is 13.0. The highest BCUT2D eigenvalue weighted by Gasteiger charge is 2.56. The van der Waals surface area contributed by atoms with Gasteiger partial charge in [0.2, 0.25) is 0 Å². The van der Waals surface area contributed by atoms with Gasteiger partial charge in [-0.15, -0.1) is 0 Å². The van der Waals surface area contributed by atoms with Crippen molar-refractivity contribution in [1.82, 2.24) is 0 Å². The Morgan fingerprint density at radius 1 is 0.917 bits per heavy atom. The third-order valence-electron chi connectivity index (χ3n) is 8.79. The zero-order chi connectivity index (χ0) is 35.2. The van der Waals surface area contributed by atoms with E-state index in [1.165, 1.54) is 11.8 Å². The van der Waals surface area contributed by atoms with Gasteiger partial charge in [-0.2, -0.15) is 33.7 Å². The van der Waals surface area contributed by atoms with Crippen LogP contribution in [0.15, 0.2) is 42.5 Å². The molecule has 2 aromatic carbocycles. The molecule has 7 nitrogen and oxygen atoms in total. The molecule has 0 radical (unpaired) electrons. The van der Waals surface area contributed by atoms with Crippen LogP contribution in [0.3, 0.4) is 0 Å². The van der Waals surface area contributed by atoms with Crippen LogP contribution in [-0.4, -0.2) is 69.1 Å². The Morgan fingerprint density at radius 3 is 2.15 bits per heavy atom. The summed E-state index contributed by atoms with van der Waals surface area (Å²) in [4.78, 5) is 12.0. The lowest BCUT2D eigenvalue weighted by Gasteiger charge is -2.43. The number of rotatable bonds is 22. The van der Waals surface area contributed by atoms with Gasteiger partial charge in [-0.3, -0.25) is 4.79 Å². The van der Waals surface area contributed by atoms with Gasteiger partial charge < -0.3 is 28.8 Å². The van der Waals surface area contributed by atoms with Crippen LogP contribution in [0.4, 0.5) is 22.0 Å². The number of unbranched alkanes of at least 4 members (excludes halogenated alkanes) is 2. The first-order chi connectivity index (χ1) is 22.8. The lowest BCUT2D eigenvalue weighted by atomic mass is 9.66. The van der Waals surface area contributed by atoms with E-state index in [1.807, 2.05) is 42.5 Å². The molecular formula is C35H47F5O7S. The van der Waals surface area contributed by atoms with Crippen molar-refractivity contribution in [3.63, 3.8) is 0 Å². The average molecular weight is 707 g/mol. The number of hydrogen-bond acceptors (Lipinski definition) is 7. The van der Waals surface area contributed by atoms with E-state index in [4.69, 9.17) is 23.7 Å². The van der Waals surface area contributed by atoms with Crippen LogP contribution in [0.2, 0.25) is 0 Å². The summed E-state index contributed by atoms with van der Waals surface area (Å²) in [7, 11) is 3.12. The largest absolute Gasteiger partial charge is 0.492 e. The van der Waals surface area contributed by atoms with Crippen LogP contribution in [0.25, 0.3) is 0 Å². The smallest absolute Gasteiger partial charge is 0.453 e. The molecule has 1 aliphatic rings. The minimum Gasteiger partial charge on any atom is -0.492 e. The summed E-state index contributed by atoms with van der Waals surface area (Å²) in [6, 6.07) is 13.7. The van der Waals surface area contributed by atoms with Gasteiger partial charge in [0.15, 0.2) is 13.6 Å². The van der Waals surface area contributed by atoms with E-state index >= 15 is 0 Å². The molecule has 0 amide bonds. The third kappa shape index (κ3) is 11.4. The Balaban J connectivity index is 1.55. The number of thioether (sulfide) groups is 1. The number of benzene rings is 2. The first-order valence-electron chi connectivity index (χ1n) is 16.2. The number of aliphatic carboxylic acids is 1. The van der Waals surface area contributed by atoms with Crippen LogP contribution >= 0.6 is 11.8 Å². The number of carboxylic acids is 1. The van der Waals surface area contributed by atoms with E-state index in [-0.39, 0.29) is 37.1 Å². The fourth-order valence-corrected chi connectivity index (χ4v) is 6.96.